The number of ether oxygens (including phenoxy) is 1. The summed E-state index contributed by atoms with van der Waals surface area (Å²) >= 11 is 0. The number of para-hydroxylation sites is 1. The molecule has 0 atom stereocenters. The minimum absolute atomic E-state index is 0.0371. The van der Waals surface area contributed by atoms with Crippen LogP contribution in [0.25, 0.3) is 0 Å². The minimum atomic E-state index is -0.613. The van der Waals surface area contributed by atoms with Crippen LogP contribution < -0.4 is 4.90 Å². The summed E-state index contributed by atoms with van der Waals surface area (Å²) in [5, 5.41) is 4.03. The molecule has 0 unspecified atom stereocenters. The maximum Gasteiger partial charge on any atom is 0.377 e. The van der Waals surface area contributed by atoms with Gasteiger partial charge < -0.3 is 9.64 Å². The molecule has 1 amide bonds. The van der Waals surface area contributed by atoms with Crippen molar-refractivity contribution < 1.29 is 14.3 Å². The fourth-order valence-electron chi connectivity index (χ4n) is 3.26. The van der Waals surface area contributed by atoms with Crippen LogP contribution in [0.1, 0.15) is 42.7 Å². The van der Waals surface area contributed by atoms with E-state index in [2.05, 4.69) is 14.8 Å². The first-order chi connectivity index (χ1) is 12.2. The van der Waals surface area contributed by atoms with Crippen LogP contribution in [0.15, 0.2) is 36.7 Å². The number of amides is 1. The number of methoxy groups -OCH3 is 1. The maximum atomic E-state index is 13.0. The van der Waals surface area contributed by atoms with Crippen LogP contribution >= 0.6 is 0 Å². The molecule has 3 rings (SSSR count). The lowest BCUT2D eigenvalue weighted by molar-refractivity contribution is -0.120. The standard InChI is InChI=1S/C18H22N4O3/c1-25-18(24)17-19-13-21(20-17)12-16(23)22(14-8-4-2-5-9-14)15-10-6-3-7-11-15/h2,4-5,8-9,13,15H,3,6-7,10-12H2,1H3. The number of aromatic nitrogens is 3. The highest BCUT2D eigenvalue weighted by molar-refractivity contribution is 5.93. The van der Waals surface area contributed by atoms with Gasteiger partial charge in [0.2, 0.25) is 5.91 Å². The molecule has 1 heterocycles. The first-order valence-corrected chi connectivity index (χ1v) is 8.54. The highest BCUT2D eigenvalue weighted by Gasteiger charge is 2.27. The molecule has 0 aliphatic heterocycles. The molecule has 0 radical (unpaired) electrons. The third kappa shape index (κ3) is 4.04. The molecule has 1 aromatic heterocycles. The van der Waals surface area contributed by atoms with Crippen LogP contribution in [0, 0.1) is 0 Å². The fourth-order valence-corrected chi connectivity index (χ4v) is 3.26. The number of nitrogens with zero attached hydrogens (tertiary/aromatic N) is 4. The second-order valence-corrected chi connectivity index (χ2v) is 6.15. The Labute approximate surface area is 146 Å². The molecular weight excluding hydrogens is 320 g/mol. The van der Waals surface area contributed by atoms with Crippen molar-refractivity contribution in [3.63, 3.8) is 0 Å². The Morgan fingerprint density at radius 2 is 1.92 bits per heavy atom. The van der Waals surface area contributed by atoms with Crippen molar-refractivity contribution in [3.05, 3.63) is 42.5 Å². The first kappa shape index (κ1) is 17.1. The van der Waals surface area contributed by atoms with Crippen LogP contribution in [0.3, 0.4) is 0 Å². The SMILES string of the molecule is COC(=O)c1ncn(CC(=O)N(c2ccccc2)C2CCCCC2)n1. The van der Waals surface area contributed by atoms with Gasteiger partial charge in [-0.05, 0) is 25.0 Å². The average molecular weight is 342 g/mol. The van der Waals surface area contributed by atoms with Gasteiger partial charge in [-0.25, -0.2) is 14.5 Å². The predicted molar refractivity (Wildman–Crippen MR) is 92.2 cm³/mol. The molecule has 1 fully saturated rings. The molecule has 0 N–H and O–H groups in total. The summed E-state index contributed by atoms with van der Waals surface area (Å²) in [5.41, 5.74) is 0.896. The van der Waals surface area contributed by atoms with E-state index >= 15 is 0 Å². The van der Waals surface area contributed by atoms with E-state index in [0.717, 1.165) is 31.4 Å². The lowest BCUT2D eigenvalue weighted by Gasteiger charge is -2.34. The number of benzene rings is 1. The molecule has 1 aliphatic carbocycles. The zero-order valence-electron chi connectivity index (χ0n) is 14.3. The highest BCUT2D eigenvalue weighted by Crippen LogP contribution is 2.27. The smallest absolute Gasteiger partial charge is 0.377 e. The topological polar surface area (TPSA) is 77.3 Å². The van der Waals surface area contributed by atoms with E-state index in [9.17, 15) is 9.59 Å². The van der Waals surface area contributed by atoms with Gasteiger partial charge in [0.05, 0.1) is 7.11 Å². The Balaban J connectivity index is 1.79. The quantitative estimate of drug-likeness (QED) is 0.780. The Kier molecular flexibility index (Phi) is 5.42. The number of hydrogen-bond acceptors (Lipinski definition) is 5. The van der Waals surface area contributed by atoms with E-state index < -0.39 is 5.97 Å². The van der Waals surface area contributed by atoms with E-state index in [1.807, 2.05) is 35.2 Å². The highest BCUT2D eigenvalue weighted by atomic mass is 16.5. The molecule has 1 aliphatic rings. The van der Waals surface area contributed by atoms with Crippen LogP contribution in [0.2, 0.25) is 0 Å². The van der Waals surface area contributed by atoms with Crippen molar-refractivity contribution in [1.82, 2.24) is 14.8 Å². The van der Waals surface area contributed by atoms with Gasteiger partial charge in [0.15, 0.2) is 0 Å². The molecular formula is C18H22N4O3. The van der Waals surface area contributed by atoms with E-state index in [1.165, 1.54) is 24.5 Å². The van der Waals surface area contributed by atoms with E-state index in [1.54, 1.807) is 0 Å². The summed E-state index contributed by atoms with van der Waals surface area (Å²) < 4.78 is 5.98. The number of carbonyl (C=O) groups excluding carboxylic acids is 2. The Morgan fingerprint density at radius 3 is 2.60 bits per heavy atom. The van der Waals surface area contributed by atoms with Gasteiger partial charge in [-0.15, -0.1) is 5.10 Å². The second kappa shape index (κ2) is 7.92. The number of esters is 1. The van der Waals surface area contributed by atoms with Gasteiger partial charge in [-0.3, -0.25) is 4.79 Å². The molecule has 132 valence electrons. The fraction of sp³-hybridized carbons (Fsp3) is 0.444. The van der Waals surface area contributed by atoms with Crippen LogP contribution in [-0.2, 0) is 16.1 Å². The Hall–Kier alpha value is -2.70. The predicted octanol–water partition coefficient (Wildman–Crippen LogP) is 2.43. The summed E-state index contributed by atoms with van der Waals surface area (Å²) in [4.78, 5) is 30.2. The van der Waals surface area contributed by atoms with Gasteiger partial charge in [0.1, 0.15) is 12.9 Å². The zero-order chi connectivity index (χ0) is 17.6. The van der Waals surface area contributed by atoms with Crippen molar-refractivity contribution in [2.24, 2.45) is 0 Å². The molecule has 0 spiro atoms. The monoisotopic (exact) mass is 342 g/mol. The lowest BCUT2D eigenvalue weighted by Crippen LogP contribution is -2.43. The number of anilines is 1. The zero-order valence-corrected chi connectivity index (χ0v) is 14.3. The molecule has 1 saturated carbocycles. The van der Waals surface area contributed by atoms with Gasteiger partial charge in [0.25, 0.3) is 5.82 Å². The van der Waals surface area contributed by atoms with Gasteiger partial charge in [-0.1, -0.05) is 37.5 Å². The molecule has 7 nitrogen and oxygen atoms in total. The largest absolute Gasteiger partial charge is 0.463 e. The molecule has 7 heteroatoms. The van der Waals surface area contributed by atoms with Crippen molar-refractivity contribution in [2.45, 2.75) is 44.7 Å². The van der Waals surface area contributed by atoms with Gasteiger partial charge in [0, 0.05) is 11.7 Å². The normalized spacial score (nSPS) is 14.9. The number of rotatable bonds is 5. The van der Waals surface area contributed by atoms with E-state index in [4.69, 9.17) is 0 Å². The summed E-state index contributed by atoms with van der Waals surface area (Å²) in [6.07, 6.45) is 6.89. The van der Waals surface area contributed by atoms with Gasteiger partial charge in [-0.2, -0.15) is 0 Å². The summed E-state index contributed by atoms with van der Waals surface area (Å²) in [6, 6.07) is 9.91. The van der Waals surface area contributed by atoms with Crippen molar-refractivity contribution in [2.75, 3.05) is 12.0 Å². The van der Waals surface area contributed by atoms with Crippen LogP contribution in [-0.4, -0.2) is 39.8 Å². The van der Waals surface area contributed by atoms with E-state index in [0.29, 0.717) is 0 Å². The molecule has 0 bridgehead atoms. The van der Waals surface area contributed by atoms with Crippen LogP contribution in [0.5, 0.6) is 0 Å². The minimum Gasteiger partial charge on any atom is -0.463 e. The van der Waals surface area contributed by atoms with Crippen LogP contribution in [0.4, 0.5) is 5.69 Å². The first-order valence-electron chi connectivity index (χ1n) is 8.54. The number of hydrogen-bond donors (Lipinski definition) is 0. The van der Waals surface area contributed by atoms with Crippen molar-refractivity contribution in [3.8, 4) is 0 Å². The maximum absolute atomic E-state index is 13.0. The summed E-state index contributed by atoms with van der Waals surface area (Å²) in [7, 11) is 1.27. The third-order valence-electron chi connectivity index (χ3n) is 4.44. The lowest BCUT2D eigenvalue weighted by atomic mass is 9.93. The molecule has 2 aromatic rings. The van der Waals surface area contributed by atoms with E-state index in [-0.39, 0.29) is 24.3 Å². The molecule has 1 aromatic carbocycles. The molecule has 0 saturated heterocycles. The second-order valence-electron chi connectivity index (χ2n) is 6.15. The average Bonchev–Trinajstić information content (AvgIpc) is 3.11. The summed E-state index contributed by atoms with van der Waals surface area (Å²) in [6.45, 7) is 0.0371. The summed E-state index contributed by atoms with van der Waals surface area (Å²) in [5.74, 6) is -0.711. The van der Waals surface area contributed by atoms with Gasteiger partial charge >= 0.3 is 5.97 Å². The number of carbonyl (C=O) groups is 2. The Morgan fingerprint density at radius 1 is 1.20 bits per heavy atom. The molecule has 25 heavy (non-hydrogen) atoms. The third-order valence-corrected chi connectivity index (χ3v) is 4.44. The van der Waals surface area contributed by atoms with Crippen molar-refractivity contribution >= 4 is 17.6 Å². The van der Waals surface area contributed by atoms with Crippen molar-refractivity contribution in [1.29, 1.82) is 0 Å². The Bertz CT molecular complexity index is 723.